The molecule has 0 bridgehead atoms. The molecule has 0 aliphatic rings. The molecule has 0 unspecified atom stereocenters. The lowest BCUT2D eigenvalue weighted by atomic mass is 10.0. The normalized spacial score (nSPS) is 12.3. The molecule has 0 spiro atoms. The van der Waals surface area contributed by atoms with E-state index in [4.69, 9.17) is 16.3 Å². The van der Waals surface area contributed by atoms with Crippen LogP contribution in [0.1, 0.15) is 30.5 Å². The summed E-state index contributed by atoms with van der Waals surface area (Å²) in [4.78, 5) is 12.6. The van der Waals surface area contributed by atoms with Gasteiger partial charge in [-0.25, -0.2) is 8.42 Å². The molecule has 2 aromatic carbocycles. The van der Waals surface area contributed by atoms with Gasteiger partial charge in [-0.15, -0.1) is 0 Å². The highest BCUT2D eigenvalue weighted by atomic mass is 35.5. The van der Waals surface area contributed by atoms with Crippen LogP contribution in [0.15, 0.2) is 42.5 Å². The van der Waals surface area contributed by atoms with Crippen molar-refractivity contribution in [3.8, 4) is 5.75 Å². The van der Waals surface area contributed by atoms with E-state index in [1.165, 1.54) is 0 Å². The van der Waals surface area contributed by atoms with Gasteiger partial charge < -0.3 is 10.1 Å². The van der Waals surface area contributed by atoms with E-state index in [9.17, 15) is 13.2 Å². The molecule has 0 saturated heterocycles. The maximum Gasteiger partial charge on any atom is 0.241 e. The number of nitrogens with one attached hydrogen (secondary N) is 1. The quantitative estimate of drug-likeness (QED) is 0.701. The maximum absolute atomic E-state index is 12.6. The number of hydrogen-bond acceptors (Lipinski definition) is 4. The van der Waals surface area contributed by atoms with Gasteiger partial charge in [-0.05, 0) is 54.8 Å². The van der Waals surface area contributed by atoms with Crippen molar-refractivity contribution in [1.82, 2.24) is 5.32 Å². The van der Waals surface area contributed by atoms with Crippen LogP contribution in [-0.2, 0) is 14.8 Å². The summed E-state index contributed by atoms with van der Waals surface area (Å²) in [6, 6.07) is 11.8. The van der Waals surface area contributed by atoms with Crippen molar-refractivity contribution < 1.29 is 17.9 Å². The predicted molar refractivity (Wildman–Crippen MR) is 113 cm³/mol. The number of carbonyl (C=O) groups is 1. The Morgan fingerprint density at radius 2 is 1.86 bits per heavy atom. The second-order valence-electron chi connectivity index (χ2n) is 6.50. The summed E-state index contributed by atoms with van der Waals surface area (Å²) < 4.78 is 30.7. The number of halogens is 1. The van der Waals surface area contributed by atoms with Gasteiger partial charge >= 0.3 is 0 Å². The van der Waals surface area contributed by atoms with Gasteiger partial charge in [0.1, 0.15) is 12.3 Å². The first kappa shape index (κ1) is 22.0. The highest BCUT2D eigenvalue weighted by molar-refractivity contribution is 7.92. The van der Waals surface area contributed by atoms with Crippen LogP contribution in [0.25, 0.3) is 0 Å². The van der Waals surface area contributed by atoms with Crippen molar-refractivity contribution in [2.24, 2.45) is 0 Å². The van der Waals surface area contributed by atoms with Crippen LogP contribution < -0.4 is 14.4 Å². The molecule has 0 aliphatic carbocycles. The Hall–Kier alpha value is -2.25. The van der Waals surface area contributed by atoms with Gasteiger partial charge in [0.25, 0.3) is 0 Å². The summed E-state index contributed by atoms with van der Waals surface area (Å²) in [5.74, 6) is 0.386. The lowest BCUT2D eigenvalue weighted by Gasteiger charge is -2.24. The number of ether oxygens (including phenoxy) is 1. The van der Waals surface area contributed by atoms with Gasteiger partial charge in [0, 0.05) is 5.02 Å². The van der Waals surface area contributed by atoms with E-state index in [2.05, 4.69) is 5.32 Å². The van der Waals surface area contributed by atoms with Crippen LogP contribution in [0.4, 0.5) is 5.69 Å². The summed E-state index contributed by atoms with van der Waals surface area (Å²) in [6.45, 7) is 3.58. The van der Waals surface area contributed by atoms with Crippen molar-refractivity contribution >= 4 is 33.2 Å². The largest absolute Gasteiger partial charge is 0.496 e. The number of nitrogens with zero attached hydrogens (tertiary/aromatic N) is 1. The molecule has 1 atom stereocenters. The predicted octanol–water partition coefficient (Wildman–Crippen LogP) is 3.69. The molecule has 0 saturated carbocycles. The number of carbonyl (C=O) groups excluding carboxylic acids is 1. The molecule has 28 heavy (non-hydrogen) atoms. The van der Waals surface area contributed by atoms with Gasteiger partial charge in [0.15, 0.2) is 0 Å². The molecule has 0 radical (unpaired) electrons. The zero-order valence-electron chi connectivity index (χ0n) is 16.4. The van der Waals surface area contributed by atoms with Crippen LogP contribution in [0.3, 0.4) is 0 Å². The minimum Gasteiger partial charge on any atom is -0.496 e. The molecule has 1 amide bonds. The number of rotatable bonds is 8. The Kier molecular flexibility index (Phi) is 7.32. The van der Waals surface area contributed by atoms with E-state index in [0.29, 0.717) is 17.1 Å². The Labute approximate surface area is 171 Å². The molecule has 2 rings (SSSR count). The van der Waals surface area contributed by atoms with E-state index in [0.717, 1.165) is 27.4 Å². The van der Waals surface area contributed by atoms with Crippen LogP contribution >= 0.6 is 11.6 Å². The van der Waals surface area contributed by atoms with E-state index in [1.54, 1.807) is 31.4 Å². The number of amides is 1. The summed E-state index contributed by atoms with van der Waals surface area (Å²) in [5.41, 5.74) is 2.29. The Bertz CT molecular complexity index is 930. The lowest BCUT2D eigenvalue weighted by Crippen LogP contribution is -2.41. The maximum atomic E-state index is 12.6. The minimum absolute atomic E-state index is 0.233. The van der Waals surface area contributed by atoms with Crippen LogP contribution in [0, 0.1) is 6.92 Å². The van der Waals surface area contributed by atoms with Crippen molar-refractivity contribution in [1.29, 1.82) is 0 Å². The van der Waals surface area contributed by atoms with Gasteiger partial charge in [-0.2, -0.15) is 0 Å². The molecule has 0 aliphatic heterocycles. The molecule has 6 nitrogen and oxygen atoms in total. The van der Waals surface area contributed by atoms with Crippen molar-refractivity contribution in [2.45, 2.75) is 26.3 Å². The Balaban J connectivity index is 2.18. The van der Waals surface area contributed by atoms with E-state index < -0.39 is 10.0 Å². The lowest BCUT2D eigenvalue weighted by molar-refractivity contribution is -0.120. The molecule has 0 heterocycles. The van der Waals surface area contributed by atoms with Crippen molar-refractivity contribution in [3.63, 3.8) is 0 Å². The molecular formula is C20H25ClN2O4S. The second kappa shape index (κ2) is 9.30. The topological polar surface area (TPSA) is 75.7 Å². The molecule has 152 valence electrons. The molecule has 1 N–H and O–H groups in total. The van der Waals surface area contributed by atoms with Crippen LogP contribution in [-0.4, -0.2) is 34.2 Å². The standard InChI is InChI=1S/C20H25ClN2O4S/c1-5-18(15-6-11-19(27-3)14(2)12-15)22-20(24)13-23(28(4,25)26)17-9-7-16(21)8-10-17/h6-12,18H,5,13H2,1-4H3,(H,22,24)/t18-/m0/s1. The molecule has 2 aromatic rings. The SMILES string of the molecule is CC[C@H](NC(=O)CN(c1ccc(Cl)cc1)S(C)(=O)=O)c1ccc(OC)c(C)c1. The van der Waals surface area contributed by atoms with Crippen molar-refractivity contribution in [3.05, 3.63) is 58.6 Å². The number of sulfonamides is 1. The average Bonchev–Trinajstić information content (AvgIpc) is 2.64. The first-order valence-electron chi connectivity index (χ1n) is 8.83. The van der Waals surface area contributed by atoms with Gasteiger partial charge in [-0.1, -0.05) is 30.7 Å². The van der Waals surface area contributed by atoms with Gasteiger partial charge in [0.2, 0.25) is 15.9 Å². The van der Waals surface area contributed by atoms with Crippen LogP contribution in [0.2, 0.25) is 5.02 Å². The summed E-state index contributed by atoms with van der Waals surface area (Å²) >= 11 is 5.87. The third-order valence-corrected chi connectivity index (χ3v) is 5.76. The van der Waals surface area contributed by atoms with Crippen molar-refractivity contribution in [2.75, 3.05) is 24.2 Å². The Morgan fingerprint density at radius 3 is 2.36 bits per heavy atom. The first-order valence-corrected chi connectivity index (χ1v) is 11.1. The number of aryl methyl sites for hydroxylation is 1. The highest BCUT2D eigenvalue weighted by Crippen LogP contribution is 2.25. The molecule has 8 heteroatoms. The van der Waals surface area contributed by atoms with Gasteiger partial charge in [0.05, 0.1) is 25.1 Å². The number of hydrogen-bond donors (Lipinski definition) is 1. The van der Waals surface area contributed by atoms with E-state index in [1.807, 2.05) is 32.0 Å². The molecule has 0 aromatic heterocycles. The van der Waals surface area contributed by atoms with Crippen LogP contribution in [0.5, 0.6) is 5.75 Å². The molecule has 0 fully saturated rings. The first-order chi connectivity index (χ1) is 13.2. The fourth-order valence-corrected chi connectivity index (χ4v) is 3.90. The minimum atomic E-state index is -3.64. The Morgan fingerprint density at radius 1 is 1.21 bits per heavy atom. The van der Waals surface area contributed by atoms with E-state index >= 15 is 0 Å². The fourth-order valence-electron chi connectivity index (χ4n) is 2.92. The second-order valence-corrected chi connectivity index (χ2v) is 8.85. The monoisotopic (exact) mass is 424 g/mol. The number of methoxy groups -OCH3 is 1. The summed E-state index contributed by atoms with van der Waals surface area (Å²) in [5, 5.41) is 3.41. The fraction of sp³-hybridized carbons (Fsp3) is 0.350. The molecular weight excluding hydrogens is 400 g/mol. The smallest absolute Gasteiger partial charge is 0.241 e. The third kappa shape index (κ3) is 5.62. The number of benzene rings is 2. The number of anilines is 1. The summed E-state index contributed by atoms with van der Waals surface area (Å²) in [6.07, 6.45) is 1.73. The van der Waals surface area contributed by atoms with E-state index in [-0.39, 0.29) is 18.5 Å². The van der Waals surface area contributed by atoms with Gasteiger partial charge in [-0.3, -0.25) is 9.10 Å². The zero-order valence-corrected chi connectivity index (χ0v) is 18.0. The third-order valence-electron chi connectivity index (χ3n) is 4.37. The zero-order chi connectivity index (χ0) is 20.9. The summed E-state index contributed by atoms with van der Waals surface area (Å²) in [7, 11) is -2.03. The highest BCUT2D eigenvalue weighted by Gasteiger charge is 2.22. The average molecular weight is 425 g/mol.